The van der Waals surface area contributed by atoms with Crippen LogP contribution in [-0.2, 0) is 9.59 Å². The van der Waals surface area contributed by atoms with E-state index < -0.39 is 5.97 Å². The fourth-order valence-corrected chi connectivity index (χ4v) is 2.96. The van der Waals surface area contributed by atoms with E-state index in [4.69, 9.17) is 5.11 Å². The van der Waals surface area contributed by atoms with E-state index in [2.05, 4.69) is 0 Å². The second-order valence-electron chi connectivity index (χ2n) is 5.82. The van der Waals surface area contributed by atoms with Gasteiger partial charge in [-0.25, -0.2) is 0 Å². The van der Waals surface area contributed by atoms with Crippen molar-refractivity contribution in [2.45, 2.75) is 47.5 Å². The standard InChI is InChI=1S/C12H20O3/c1-8(13)12(5)7-11(4,6-9(14)15)10(12,2)3/h6-7H2,1-5H3,(H,14,15). The molecule has 0 saturated heterocycles. The summed E-state index contributed by atoms with van der Waals surface area (Å²) in [6.45, 7) is 9.51. The fraction of sp³-hybridized carbons (Fsp3) is 0.833. The quantitative estimate of drug-likeness (QED) is 0.782. The number of ketones is 1. The SMILES string of the molecule is CC(=O)C1(C)CC(C)(CC(=O)O)C1(C)C. The van der Waals surface area contributed by atoms with E-state index in [0.717, 1.165) is 0 Å². The van der Waals surface area contributed by atoms with Crippen LogP contribution in [0.2, 0.25) is 0 Å². The van der Waals surface area contributed by atoms with Crippen molar-refractivity contribution in [2.24, 2.45) is 16.2 Å². The van der Waals surface area contributed by atoms with Crippen molar-refractivity contribution in [1.82, 2.24) is 0 Å². The van der Waals surface area contributed by atoms with Crippen molar-refractivity contribution in [3.05, 3.63) is 0 Å². The molecule has 15 heavy (non-hydrogen) atoms. The molecule has 1 aliphatic rings. The number of carboxylic acids is 1. The molecule has 3 heteroatoms. The van der Waals surface area contributed by atoms with E-state index in [1.165, 1.54) is 0 Å². The van der Waals surface area contributed by atoms with E-state index in [0.29, 0.717) is 6.42 Å². The van der Waals surface area contributed by atoms with Crippen LogP contribution >= 0.6 is 0 Å². The number of hydrogen-bond acceptors (Lipinski definition) is 2. The Hall–Kier alpha value is -0.860. The maximum absolute atomic E-state index is 11.6. The first-order valence-corrected chi connectivity index (χ1v) is 5.30. The monoisotopic (exact) mass is 212 g/mol. The number of carbonyl (C=O) groups is 2. The van der Waals surface area contributed by atoms with Crippen LogP contribution < -0.4 is 0 Å². The molecule has 1 rings (SSSR count). The van der Waals surface area contributed by atoms with Gasteiger partial charge in [-0.15, -0.1) is 0 Å². The van der Waals surface area contributed by atoms with E-state index in [9.17, 15) is 9.59 Å². The Morgan fingerprint density at radius 2 is 1.67 bits per heavy atom. The normalized spacial score (nSPS) is 38.2. The predicted octanol–water partition coefficient (Wildman–Crippen LogP) is 2.49. The molecule has 0 heterocycles. The molecular weight excluding hydrogens is 192 g/mol. The lowest BCUT2D eigenvalue weighted by molar-refractivity contribution is -0.195. The van der Waals surface area contributed by atoms with Crippen LogP contribution in [0.15, 0.2) is 0 Å². The lowest BCUT2D eigenvalue weighted by atomic mass is 9.37. The molecule has 0 spiro atoms. The first kappa shape index (κ1) is 12.2. The zero-order valence-electron chi connectivity index (χ0n) is 10.2. The van der Waals surface area contributed by atoms with Crippen LogP contribution in [0.5, 0.6) is 0 Å². The Morgan fingerprint density at radius 1 is 1.20 bits per heavy atom. The second-order valence-corrected chi connectivity index (χ2v) is 5.82. The van der Waals surface area contributed by atoms with Gasteiger partial charge in [0.15, 0.2) is 0 Å². The highest BCUT2D eigenvalue weighted by atomic mass is 16.4. The van der Waals surface area contributed by atoms with Gasteiger partial charge in [0.2, 0.25) is 0 Å². The largest absolute Gasteiger partial charge is 0.481 e. The number of carbonyl (C=O) groups excluding carboxylic acids is 1. The smallest absolute Gasteiger partial charge is 0.303 e. The third-order valence-corrected chi connectivity index (χ3v) is 4.95. The van der Waals surface area contributed by atoms with Gasteiger partial charge in [0.05, 0.1) is 6.42 Å². The van der Waals surface area contributed by atoms with Crippen LogP contribution in [0, 0.1) is 16.2 Å². The van der Waals surface area contributed by atoms with Crippen molar-refractivity contribution >= 4 is 11.8 Å². The zero-order chi connectivity index (χ0) is 12.1. The number of Topliss-reactive ketones (excluding diaryl/α,β-unsaturated/α-hetero) is 1. The summed E-state index contributed by atoms with van der Waals surface area (Å²) in [4.78, 5) is 22.4. The third kappa shape index (κ3) is 1.40. The van der Waals surface area contributed by atoms with Gasteiger partial charge in [-0.1, -0.05) is 27.7 Å². The summed E-state index contributed by atoms with van der Waals surface area (Å²) < 4.78 is 0. The molecule has 0 amide bonds. The van der Waals surface area contributed by atoms with Crippen LogP contribution in [0.25, 0.3) is 0 Å². The summed E-state index contributed by atoms with van der Waals surface area (Å²) in [5.41, 5.74) is -0.874. The summed E-state index contributed by atoms with van der Waals surface area (Å²) in [5.74, 6) is -0.619. The van der Waals surface area contributed by atoms with Gasteiger partial charge in [-0.2, -0.15) is 0 Å². The van der Waals surface area contributed by atoms with Crippen molar-refractivity contribution in [2.75, 3.05) is 0 Å². The minimum atomic E-state index is -0.781. The minimum Gasteiger partial charge on any atom is -0.481 e. The van der Waals surface area contributed by atoms with Crippen LogP contribution in [-0.4, -0.2) is 16.9 Å². The molecule has 86 valence electrons. The third-order valence-electron chi connectivity index (χ3n) is 4.95. The van der Waals surface area contributed by atoms with Crippen molar-refractivity contribution in [1.29, 1.82) is 0 Å². The second kappa shape index (κ2) is 3.06. The Kier molecular flexibility index (Phi) is 2.49. The molecule has 1 aliphatic carbocycles. The zero-order valence-corrected chi connectivity index (χ0v) is 10.2. The van der Waals surface area contributed by atoms with Gasteiger partial charge in [0.1, 0.15) is 5.78 Å². The van der Waals surface area contributed by atoms with E-state index in [1.54, 1.807) is 6.92 Å². The molecule has 2 atom stereocenters. The average Bonchev–Trinajstić information content (AvgIpc) is 2.01. The highest BCUT2D eigenvalue weighted by Crippen LogP contribution is 2.69. The van der Waals surface area contributed by atoms with Gasteiger partial charge in [-0.3, -0.25) is 9.59 Å². The molecule has 0 aromatic carbocycles. The highest BCUT2D eigenvalue weighted by Gasteiger charge is 2.66. The lowest BCUT2D eigenvalue weighted by Gasteiger charge is -2.65. The van der Waals surface area contributed by atoms with Crippen molar-refractivity contribution in [3.8, 4) is 0 Å². The summed E-state index contributed by atoms with van der Waals surface area (Å²) in [7, 11) is 0. The van der Waals surface area contributed by atoms with Crippen LogP contribution in [0.4, 0.5) is 0 Å². The first-order valence-electron chi connectivity index (χ1n) is 5.30. The summed E-state index contributed by atoms with van der Waals surface area (Å²) >= 11 is 0. The Bertz CT molecular complexity index is 319. The van der Waals surface area contributed by atoms with Crippen molar-refractivity contribution in [3.63, 3.8) is 0 Å². The number of aliphatic carboxylic acids is 1. The van der Waals surface area contributed by atoms with Crippen LogP contribution in [0.1, 0.15) is 47.5 Å². The fourth-order valence-electron chi connectivity index (χ4n) is 2.96. The Balaban J connectivity index is 2.96. The van der Waals surface area contributed by atoms with E-state index >= 15 is 0 Å². The summed E-state index contributed by atoms with van der Waals surface area (Å²) in [5, 5.41) is 8.87. The summed E-state index contributed by atoms with van der Waals surface area (Å²) in [6.07, 6.45) is 0.817. The predicted molar refractivity (Wildman–Crippen MR) is 57.5 cm³/mol. The van der Waals surface area contributed by atoms with Gasteiger partial charge in [-0.05, 0) is 24.2 Å². The van der Waals surface area contributed by atoms with E-state index in [-0.39, 0.29) is 28.4 Å². The minimum absolute atomic E-state index is 0.142. The molecule has 3 nitrogen and oxygen atoms in total. The maximum atomic E-state index is 11.6. The highest BCUT2D eigenvalue weighted by molar-refractivity contribution is 5.85. The number of carboxylic acid groups (broad SMARTS) is 1. The van der Waals surface area contributed by atoms with Crippen molar-refractivity contribution < 1.29 is 14.7 Å². The summed E-state index contributed by atoms with van der Waals surface area (Å²) in [6, 6.07) is 0. The van der Waals surface area contributed by atoms with Gasteiger partial charge >= 0.3 is 5.97 Å². The van der Waals surface area contributed by atoms with Gasteiger partial charge < -0.3 is 5.11 Å². The molecule has 0 radical (unpaired) electrons. The van der Waals surface area contributed by atoms with Gasteiger partial charge in [0, 0.05) is 5.41 Å². The number of rotatable bonds is 3. The lowest BCUT2D eigenvalue weighted by Crippen LogP contribution is -2.63. The molecule has 1 saturated carbocycles. The molecule has 0 bridgehead atoms. The molecule has 1 fully saturated rings. The molecule has 0 aliphatic heterocycles. The molecule has 1 N–H and O–H groups in total. The molecule has 0 aromatic heterocycles. The van der Waals surface area contributed by atoms with Gasteiger partial charge in [0.25, 0.3) is 0 Å². The number of hydrogen-bond donors (Lipinski definition) is 1. The Morgan fingerprint density at radius 3 is 1.93 bits per heavy atom. The molecular formula is C12H20O3. The van der Waals surface area contributed by atoms with Crippen LogP contribution in [0.3, 0.4) is 0 Å². The Labute approximate surface area is 90.9 Å². The molecule has 2 unspecified atom stereocenters. The topological polar surface area (TPSA) is 54.4 Å². The first-order chi connectivity index (χ1) is 6.57. The van der Waals surface area contributed by atoms with E-state index in [1.807, 2.05) is 27.7 Å². The maximum Gasteiger partial charge on any atom is 0.303 e. The molecule has 0 aromatic rings. The average molecular weight is 212 g/mol.